The van der Waals surface area contributed by atoms with E-state index in [9.17, 15) is 0 Å². The quantitative estimate of drug-likeness (QED) is 0.376. The molecule has 0 saturated carbocycles. The van der Waals surface area contributed by atoms with Crippen molar-refractivity contribution in [2.45, 2.75) is 0 Å². The molecule has 0 atom stereocenters. The van der Waals surface area contributed by atoms with Gasteiger partial charge in [0.1, 0.15) is 0 Å². The molecule has 1 aromatic carbocycles. The Labute approximate surface area is 111 Å². The first kappa shape index (κ1) is 13.4. The van der Waals surface area contributed by atoms with Crippen molar-refractivity contribution in [3.63, 3.8) is 0 Å². The number of nitrogens with zero attached hydrogens (tertiary/aromatic N) is 2. The van der Waals surface area contributed by atoms with E-state index in [0.29, 0.717) is 0 Å². The number of benzene rings is 1. The molecule has 0 amide bonds. The molecule has 0 aliphatic rings. The summed E-state index contributed by atoms with van der Waals surface area (Å²) in [5.41, 5.74) is 0.354. The Morgan fingerprint density at radius 1 is 0.688 bits per heavy atom. The Bertz CT molecular complexity index is 402. The van der Waals surface area contributed by atoms with Crippen molar-refractivity contribution in [3.05, 3.63) is 31.2 Å². The van der Waals surface area contributed by atoms with Gasteiger partial charge in [0.25, 0.3) is 0 Å². The van der Waals surface area contributed by atoms with E-state index in [4.69, 9.17) is 56.8 Å². The molecule has 86 valence electrons. The third-order valence-corrected chi connectivity index (χ3v) is 3.47. The van der Waals surface area contributed by atoms with Crippen LogP contribution in [0.25, 0.3) is 0 Å². The van der Waals surface area contributed by atoms with Crippen LogP contribution in [0, 0.1) is 0 Å². The van der Waals surface area contributed by atoms with Crippen molar-refractivity contribution in [3.8, 4) is 0 Å². The van der Waals surface area contributed by atoms with Crippen molar-refractivity contribution in [2.75, 3.05) is 0 Å². The number of hydrogen-bond donors (Lipinski definition) is 2. The second-order valence-corrected chi connectivity index (χ2v) is 4.08. The fraction of sp³-hybridized carbons (Fsp3) is 0. The fourth-order valence-corrected chi connectivity index (χ4v) is 2.08. The molecule has 2 N–H and O–H groups in total. The van der Waals surface area contributed by atoms with E-state index in [0.717, 1.165) is 12.4 Å². The molecular weight excluding hydrogens is 298 g/mol. The fourth-order valence-electron chi connectivity index (χ4n) is 1.01. The predicted octanol–water partition coefficient (Wildman–Crippen LogP) is 3.92. The summed E-state index contributed by atoms with van der Waals surface area (Å²) in [5.74, 6) is 0. The van der Waals surface area contributed by atoms with Gasteiger partial charge in [-0.2, -0.15) is 0 Å². The zero-order valence-electron chi connectivity index (χ0n) is 7.46. The van der Waals surface area contributed by atoms with E-state index in [1.165, 1.54) is 0 Å². The zero-order chi connectivity index (χ0) is 12.3. The monoisotopic (exact) mass is 300 g/mol. The van der Waals surface area contributed by atoms with Crippen molar-refractivity contribution in [1.29, 1.82) is 0 Å². The van der Waals surface area contributed by atoms with E-state index < -0.39 is 0 Å². The average Bonchev–Trinajstić information content (AvgIpc) is 2.28. The van der Waals surface area contributed by atoms with E-state index >= 15 is 0 Å². The maximum atomic E-state index is 8.42. The van der Waals surface area contributed by atoms with Crippen LogP contribution in [0.1, 0.15) is 11.1 Å². The molecule has 0 heterocycles. The van der Waals surface area contributed by atoms with E-state index in [-0.39, 0.29) is 31.2 Å². The molecule has 0 aliphatic carbocycles. The maximum Gasteiger partial charge on any atom is 0.0764 e. The van der Waals surface area contributed by atoms with Gasteiger partial charge in [-0.1, -0.05) is 56.7 Å². The van der Waals surface area contributed by atoms with Gasteiger partial charge in [0.2, 0.25) is 0 Å². The summed E-state index contributed by atoms with van der Waals surface area (Å²) < 4.78 is 0. The van der Waals surface area contributed by atoms with Crippen molar-refractivity contribution in [2.24, 2.45) is 10.3 Å². The first-order chi connectivity index (χ1) is 7.54. The van der Waals surface area contributed by atoms with Crippen LogP contribution in [-0.4, -0.2) is 22.8 Å². The van der Waals surface area contributed by atoms with Crippen molar-refractivity contribution < 1.29 is 10.4 Å². The minimum atomic E-state index is 0.0452. The van der Waals surface area contributed by atoms with Crippen LogP contribution in [-0.2, 0) is 0 Å². The van der Waals surface area contributed by atoms with Crippen molar-refractivity contribution >= 4 is 58.8 Å². The largest absolute Gasteiger partial charge is 0.411 e. The molecule has 1 rings (SSSR count). The molecule has 0 fully saturated rings. The second-order valence-electron chi connectivity index (χ2n) is 2.57. The van der Waals surface area contributed by atoms with Gasteiger partial charge >= 0.3 is 0 Å². The predicted molar refractivity (Wildman–Crippen MR) is 65.2 cm³/mol. The summed E-state index contributed by atoms with van der Waals surface area (Å²) in [6.07, 6.45) is 2.00. The number of oxime groups is 2. The lowest BCUT2D eigenvalue weighted by Crippen LogP contribution is -1.95. The first-order valence-corrected chi connectivity index (χ1v) is 5.26. The summed E-state index contributed by atoms with van der Waals surface area (Å²) in [6, 6.07) is 0. The molecule has 0 radical (unpaired) electrons. The molecule has 8 heteroatoms. The van der Waals surface area contributed by atoms with Crippen molar-refractivity contribution in [1.82, 2.24) is 0 Å². The van der Waals surface area contributed by atoms with Crippen LogP contribution in [0.3, 0.4) is 0 Å². The minimum Gasteiger partial charge on any atom is -0.411 e. The number of hydrogen-bond acceptors (Lipinski definition) is 4. The van der Waals surface area contributed by atoms with Gasteiger partial charge in [-0.25, -0.2) is 0 Å². The standard InChI is InChI=1S/C8H4Cl4N2O2/c9-5-3(1-13-15)6(10)8(12)4(2-14-16)7(5)11/h1-2,15-16H/b13-1+,14-2+. The van der Waals surface area contributed by atoms with E-state index in [1.807, 2.05) is 0 Å². The van der Waals surface area contributed by atoms with Gasteiger partial charge in [0.05, 0.1) is 32.5 Å². The minimum absolute atomic E-state index is 0.0452. The Kier molecular flexibility index (Phi) is 4.68. The van der Waals surface area contributed by atoms with Gasteiger partial charge < -0.3 is 10.4 Å². The van der Waals surface area contributed by atoms with Gasteiger partial charge in [-0.3, -0.25) is 0 Å². The molecule has 0 aliphatic heterocycles. The highest BCUT2D eigenvalue weighted by atomic mass is 35.5. The molecule has 0 bridgehead atoms. The summed E-state index contributed by atoms with van der Waals surface area (Å²) >= 11 is 23.5. The van der Waals surface area contributed by atoms with Gasteiger partial charge in [-0.15, -0.1) is 0 Å². The Balaban J connectivity index is 3.62. The Hall–Kier alpha value is -0.680. The van der Waals surface area contributed by atoms with Gasteiger partial charge in [0.15, 0.2) is 0 Å². The third kappa shape index (κ3) is 2.35. The van der Waals surface area contributed by atoms with Gasteiger partial charge in [0, 0.05) is 11.1 Å². The van der Waals surface area contributed by atoms with E-state index in [2.05, 4.69) is 10.3 Å². The highest BCUT2D eigenvalue weighted by Crippen LogP contribution is 2.39. The summed E-state index contributed by atoms with van der Waals surface area (Å²) in [4.78, 5) is 0. The molecule has 16 heavy (non-hydrogen) atoms. The lowest BCUT2D eigenvalue weighted by molar-refractivity contribution is 0.321. The molecular formula is C8H4Cl4N2O2. The zero-order valence-corrected chi connectivity index (χ0v) is 10.5. The van der Waals surface area contributed by atoms with Crippen LogP contribution in [0.2, 0.25) is 20.1 Å². The second kappa shape index (κ2) is 5.59. The highest BCUT2D eigenvalue weighted by Gasteiger charge is 2.18. The average molecular weight is 302 g/mol. The maximum absolute atomic E-state index is 8.42. The van der Waals surface area contributed by atoms with Crippen LogP contribution in [0.4, 0.5) is 0 Å². The third-order valence-electron chi connectivity index (χ3n) is 1.70. The summed E-state index contributed by atoms with van der Waals surface area (Å²) in [5, 5.41) is 22.6. The first-order valence-electron chi connectivity index (χ1n) is 3.75. The van der Waals surface area contributed by atoms with E-state index in [1.54, 1.807) is 0 Å². The topological polar surface area (TPSA) is 65.2 Å². The number of rotatable bonds is 2. The lowest BCUT2D eigenvalue weighted by atomic mass is 10.1. The molecule has 0 unspecified atom stereocenters. The number of halogens is 4. The van der Waals surface area contributed by atoms with Crippen LogP contribution in [0.5, 0.6) is 0 Å². The van der Waals surface area contributed by atoms with Gasteiger partial charge in [-0.05, 0) is 0 Å². The Morgan fingerprint density at radius 2 is 0.938 bits per heavy atom. The van der Waals surface area contributed by atoms with Crippen LogP contribution in [0.15, 0.2) is 10.3 Å². The summed E-state index contributed by atoms with van der Waals surface area (Å²) in [7, 11) is 0. The normalized spacial score (nSPS) is 11.8. The molecule has 0 spiro atoms. The van der Waals surface area contributed by atoms with Crippen LogP contribution >= 0.6 is 46.4 Å². The molecule has 0 saturated heterocycles. The lowest BCUT2D eigenvalue weighted by Gasteiger charge is -2.09. The summed E-state index contributed by atoms with van der Waals surface area (Å²) in [6.45, 7) is 0. The Morgan fingerprint density at radius 3 is 1.12 bits per heavy atom. The molecule has 1 aromatic rings. The highest BCUT2D eigenvalue weighted by molar-refractivity contribution is 6.51. The smallest absolute Gasteiger partial charge is 0.0764 e. The molecule has 0 aromatic heterocycles. The van der Waals surface area contributed by atoms with Crippen LogP contribution < -0.4 is 0 Å². The molecule has 4 nitrogen and oxygen atoms in total. The SMILES string of the molecule is O/N=C/c1c(Cl)c(Cl)c(/C=N/O)c(Cl)c1Cl.